The summed E-state index contributed by atoms with van der Waals surface area (Å²) in [6, 6.07) is 12.0. The largest absolute Gasteiger partial charge is 0.457 e. The van der Waals surface area contributed by atoms with E-state index in [0.29, 0.717) is 11.6 Å². The Morgan fingerprint density at radius 3 is 2.41 bits per heavy atom. The summed E-state index contributed by atoms with van der Waals surface area (Å²) >= 11 is 0. The van der Waals surface area contributed by atoms with Crippen LogP contribution in [0.1, 0.15) is 26.5 Å². The van der Waals surface area contributed by atoms with Crippen LogP contribution < -0.4 is 21.1 Å². The highest BCUT2D eigenvalue weighted by Crippen LogP contribution is 2.28. The summed E-state index contributed by atoms with van der Waals surface area (Å²) in [7, 11) is 0. The molecule has 0 aliphatic rings. The Labute approximate surface area is 195 Å². The molecule has 0 saturated carbocycles. The first-order valence-electron chi connectivity index (χ1n) is 10.5. The van der Waals surface area contributed by atoms with E-state index in [-0.39, 0.29) is 22.7 Å². The predicted molar refractivity (Wildman–Crippen MR) is 128 cm³/mol. The summed E-state index contributed by atoms with van der Waals surface area (Å²) in [5.74, 6) is 0.731. The number of nitrogens with one attached hydrogen (secondary N) is 2. The lowest BCUT2D eigenvalue weighted by molar-refractivity contribution is 0.262. The van der Waals surface area contributed by atoms with Gasteiger partial charge in [0.05, 0.1) is 17.1 Å². The van der Waals surface area contributed by atoms with Crippen molar-refractivity contribution in [3.8, 4) is 17.2 Å². The molecule has 0 spiro atoms. The molecule has 3 aromatic heterocycles. The third-order valence-corrected chi connectivity index (χ3v) is 4.80. The number of rotatable bonds is 5. The standard InChI is InChI=1S/C24H24FN7O2/c1-24(2,3)20-14-22(32(31-20)15-6-9-27-10-7-15)30-23(33)29-19-5-4-16(12-18(19)25)34-17-8-11-28-21(26)13-17/h4-14H,1-3H3,(H2,26,28)(H2,29,30,33). The van der Waals surface area contributed by atoms with Crippen LogP contribution >= 0.6 is 0 Å². The van der Waals surface area contributed by atoms with Gasteiger partial charge in [-0.05, 0) is 30.3 Å². The zero-order chi connectivity index (χ0) is 24.3. The van der Waals surface area contributed by atoms with Crippen LogP contribution in [0, 0.1) is 5.82 Å². The van der Waals surface area contributed by atoms with Crippen molar-refractivity contribution in [3.63, 3.8) is 0 Å². The van der Waals surface area contributed by atoms with Gasteiger partial charge in [0.1, 0.15) is 29.0 Å². The molecule has 0 atom stereocenters. The maximum absolute atomic E-state index is 14.7. The van der Waals surface area contributed by atoms with E-state index in [2.05, 4.69) is 25.7 Å². The zero-order valence-corrected chi connectivity index (χ0v) is 18.9. The number of amides is 2. The van der Waals surface area contributed by atoms with Crippen LogP contribution in [0.2, 0.25) is 0 Å². The summed E-state index contributed by atoms with van der Waals surface area (Å²) in [5.41, 5.74) is 6.88. The normalized spacial score (nSPS) is 11.2. The number of aromatic nitrogens is 4. The van der Waals surface area contributed by atoms with Gasteiger partial charge in [0, 0.05) is 42.2 Å². The topological polar surface area (TPSA) is 120 Å². The lowest BCUT2D eigenvalue weighted by Gasteiger charge is -2.14. The molecule has 4 aromatic rings. The number of carbonyl (C=O) groups is 1. The minimum absolute atomic E-state index is 0.00915. The predicted octanol–water partition coefficient (Wildman–Crippen LogP) is 5.12. The van der Waals surface area contributed by atoms with Crippen molar-refractivity contribution in [3.05, 3.63) is 78.6 Å². The first kappa shape index (κ1) is 22.7. The number of urea groups is 1. The molecule has 0 unspecified atom stereocenters. The van der Waals surface area contributed by atoms with Crippen molar-refractivity contribution in [2.45, 2.75) is 26.2 Å². The van der Waals surface area contributed by atoms with Gasteiger partial charge in [0.25, 0.3) is 0 Å². The number of benzene rings is 1. The number of nitrogen functional groups attached to an aromatic ring is 1. The van der Waals surface area contributed by atoms with Crippen molar-refractivity contribution in [2.24, 2.45) is 0 Å². The van der Waals surface area contributed by atoms with Crippen molar-refractivity contribution >= 4 is 23.4 Å². The lowest BCUT2D eigenvalue weighted by Crippen LogP contribution is -2.22. The molecule has 4 rings (SSSR count). The maximum atomic E-state index is 14.7. The molecule has 1 aromatic carbocycles. The van der Waals surface area contributed by atoms with Gasteiger partial charge in [0.2, 0.25) is 0 Å². The SMILES string of the molecule is CC(C)(C)c1cc(NC(=O)Nc2ccc(Oc3ccnc(N)c3)cc2F)n(-c2ccncc2)n1. The van der Waals surface area contributed by atoms with E-state index in [1.165, 1.54) is 30.5 Å². The van der Waals surface area contributed by atoms with E-state index in [4.69, 9.17) is 10.5 Å². The second-order valence-electron chi connectivity index (χ2n) is 8.52. The van der Waals surface area contributed by atoms with Crippen molar-refractivity contribution in [2.75, 3.05) is 16.4 Å². The molecule has 0 radical (unpaired) electrons. The second-order valence-corrected chi connectivity index (χ2v) is 8.52. The smallest absolute Gasteiger partial charge is 0.324 e. The van der Waals surface area contributed by atoms with Crippen LogP contribution in [-0.4, -0.2) is 25.8 Å². The van der Waals surface area contributed by atoms with E-state index in [1.54, 1.807) is 41.3 Å². The molecule has 34 heavy (non-hydrogen) atoms. The molecule has 174 valence electrons. The fourth-order valence-electron chi connectivity index (χ4n) is 3.08. The first-order chi connectivity index (χ1) is 16.2. The van der Waals surface area contributed by atoms with Crippen molar-refractivity contribution in [1.29, 1.82) is 0 Å². The number of halogens is 1. The Morgan fingerprint density at radius 1 is 1.00 bits per heavy atom. The summed E-state index contributed by atoms with van der Waals surface area (Å²) < 4.78 is 21.8. The molecule has 10 heteroatoms. The van der Waals surface area contributed by atoms with Gasteiger partial charge >= 0.3 is 6.03 Å². The van der Waals surface area contributed by atoms with Crippen LogP contribution in [0.3, 0.4) is 0 Å². The maximum Gasteiger partial charge on any atom is 0.324 e. The molecular weight excluding hydrogens is 437 g/mol. The van der Waals surface area contributed by atoms with Gasteiger partial charge in [-0.25, -0.2) is 18.9 Å². The van der Waals surface area contributed by atoms with Crippen molar-refractivity contribution in [1.82, 2.24) is 19.7 Å². The molecule has 0 aliphatic carbocycles. The van der Waals surface area contributed by atoms with Crippen LogP contribution in [0.5, 0.6) is 11.5 Å². The van der Waals surface area contributed by atoms with Gasteiger partial charge in [-0.3, -0.25) is 10.3 Å². The van der Waals surface area contributed by atoms with E-state index >= 15 is 0 Å². The van der Waals surface area contributed by atoms with Crippen LogP contribution in [0.4, 0.5) is 26.5 Å². The number of ether oxygens (including phenoxy) is 1. The number of pyridine rings is 2. The highest BCUT2D eigenvalue weighted by molar-refractivity contribution is 5.99. The summed E-state index contributed by atoms with van der Waals surface area (Å²) in [4.78, 5) is 20.6. The molecule has 9 nitrogen and oxygen atoms in total. The van der Waals surface area contributed by atoms with Crippen LogP contribution in [0.15, 0.2) is 67.1 Å². The summed E-state index contributed by atoms with van der Waals surface area (Å²) in [5, 5.41) is 9.90. The number of carbonyl (C=O) groups excluding carboxylic acids is 1. The lowest BCUT2D eigenvalue weighted by atomic mass is 9.92. The first-order valence-corrected chi connectivity index (χ1v) is 10.5. The molecular formula is C24H24FN7O2. The molecule has 0 bridgehead atoms. The number of hydrogen-bond donors (Lipinski definition) is 3. The summed E-state index contributed by atoms with van der Waals surface area (Å²) in [6.45, 7) is 6.07. The summed E-state index contributed by atoms with van der Waals surface area (Å²) in [6.07, 6.45) is 4.76. The van der Waals surface area contributed by atoms with E-state index < -0.39 is 11.8 Å². The third kappa shape index (κ3) is 5.29. The van der Waals surface area contributed by atoms with Gasteiger partial charge in [-0.2, -0.15) is 5.10 Å². The highest BCUT2D eigenvalue weighted by atomic mass is 19.1. The van der Waals surface area contributed by atoms with E-state index in [0.717, 1.165) is 11.4 Å². The third-order valence-electron chi connectivity index (χ3n) is 4.80. The fraction of sp³-hybridized carbons (Fsp3) is 0.167. The molecule has 0 saturated heterocycles. The average Bonchev–Trinajstić information content (AvgIpc) is 3.20. The van der Waals surface area contributed by atoms with Gasteiger partial charge < -0.3 is 15.8 Å². The molecule has 0 fully saturated rings. The Bertz CT molecular complexity index is 1320. The number of nitrogens with zero attached hydrogens (tertiary/aromatic N) is 4. The van der Waals surface area contributed by atoms with Gasteiger partial charge in [-0.15, -0.1) is 0 Å². The Hall–Kier alpha value is -4.47. The highest BCUT2D eigenvalue weighted by Gasteiger charge is 2.22. The molecule has 3 heterocycles. The fourth-order valence-corrected chi connectivity index (χ4v) is 3.08. The zero-order valence-electron chi connectivity index (χ0n) is 18.9. The molecule has 0 aliphatic heterocycles. The Kier molecular flexibility index (Phi) is 6.13. The number of nitrogens with two attached hydrogens (primary N) is 1. The minimum atomic E-state index is -0.660. The monoisotopic (exact) mass is 461 g/mol. The quantitative estimate of drug-likeness (QED) is 0.380. The Morgan fingerprint density at radius 2 is 1.74 bits per heavy atom. The van der Waals surface area contributed by atoms with Crippen LogP contribution in [0.25, 0.3) is 5.69 Å². The van der Waals surface area contributed by atoms with Gasteiger partial charge in [-0.1, -0.05) is 20.8 Å². The second kappa shape index (κ2) is 9.18. The van der Waals surface area contributed by atoms with E-state index in [9.17, 15) is 9.18 Å². The van der Waals surface area contributed by atoms with Crippen molar-refractivity contribution < 1.29 is 13.9 Å². The van der Waals surface area contributed by atoms with Crippen LogP contribution in [-0.2, 0) is 5.41 Å². The average molecular weight is 462 g/mol. The number of hydrogen-bond acceptors (Lipinski definition) is 6. The van der Waals surface area contributed by atoms with E-state index in [1.807, 2.05) is 20.8 Å². The molecule has 2 amide bonds. The molecule has 4 N–H and O–H groups in total. The minimum Gasteiger partial charge on any atom is -0.457 e. The number of anilines is 3. The van der Waals surface area contributed by atoms with Gasteiger partial charge in [0.15, 0.2) is 0 Å². The Balaban J connectivity index is 1.51.